The standard InChI is InChI=1S/C12H17NO3/c1-12(2,9-3-4-9)13-7-8-5-6-16-10(8)11(14)15/h5-6,9,13H,3-4,7H2,1-2H3,(H,14,15). The smallest absolute Gasteiger partial charge is 0.372 e. The van der Waals surface area contributed by atoms with Crippen molar-refractivity contribution in [1.29, 1.82) is 0 Å². The lowest BCUT2D eigenvalue weighted by Crippen LogP contribution is -2.40. The van der Waals surface area contributed by atoms with E-state index >= 15 is 0 Å². The first-order chi connectivity index (χ1) is 7.50. The molecule has 0 radical (unpaired) electrons. The van der Waals surface area contributed by atoms with E-state index < -0.39 is 5.97 Å². The monoisotopic (exact) mass is 223 g/mol. The molecule has 0 aromatic carbocycles. The molecule has 1 aromatic heterocycles. The quantitative estimate of drug-likeness (QED) is 0.803. The first-order valence-electron chi connectivity index (χ1n) is 5.55. The number of rotatable bonds is 5. The lowest BCUT2D eigenvalue weighted by atomic mass is 9.98. The highest BCUT2D eigenvalue weighted by Crippen LogP contribution is 2.39. The van der Waals surface area contributed by atoms with E-state index in [0.717, 1.165) is 0 Å². The van der Waals surface area contributed by atoms with Gasteiger partial charge in [-0.2, -0.15) is 0 Å². The molecule has 4 heteroatoms. The van der Waals surface area contributed by atoms with Gasteiger partial charge in [-0.05, 0) is 38.7 Å². The van der Waals surface area contributed by atoms with E-state index in [2.05, 4.69) is 19.2 Å². The maximum Gasteiger partial charge on any atom is 0.372 e. The van der Waals surface area contributed by atoms with Gasteiger partial charge in [-0.15, -0.1) is 0 Å². The van der Waals surface area contributed by atoms with E-state index in [1.807, 2.05) is 0 Å². The molecule has 0 atom stereocenters. The maximum atomic E-state index is 10.8. The fourth-order valence-corrected chi connectivity index (χ4v) is 1.93. The van der Waals surface area contributed by atoms with Crippen LogP contribution in [-0.4, -0.2) is 16.6 Å². The summed E-state index contributed by atoms with van der Waals surface area (Å²) in [4.78, 5) is 10.8. The van der Waals surface area contributed by atoms with Gasteiger partial charge in [-0.1, -0.05) is 0 Å². The molecule has 1 aliphatic rings. The first-order valence-corrected chi connectivity index (χ1v) is 5.55. The zero-order chi connectivity index (χ0) is 11.8. The molecule has 1 fully saturated rings. The lowest BCUT2D eigenvalue weighted by molar-refractivity contribution is 0.0660. The Hall–Kier alpha value is -1.29. The van der Waals surface area contributed by atoms with Crippen molar-refractivity contribution in [2.75, 3.05) is 0 Å². The summed E-state index contributed by atoms with van der Waals surface area (Å²) >= 11 is 0. The van der Waals surface area contributed by atoms with E-state index in [4.69, 9.17) is 9.52 Å². The van der Waals surface area contributed by atoms with Crippen LogP contribution in [0.4, 0.5) is 0 Å². The van der Waals surface area contributed by atoms with E-state index in [9.17, 15) is 4.79 Å². The number of carboxylic acid groups (broad SMARTS) is 1. The summed E-state index contributed by atoms with van der Waals surface area (Å²) in [5.41, 5.74) is 0.786. The lowest BCUT2D eigenvalue weighted by Gasteiger charge is -2.26. The molecule has 0 unspecified atom stereocenters. The molecule has 1 heterocycles. The van der Waals surface area contributed by atoms with Crippen LogP contribution in [0.3, 0.4) is 0 Å². The van der Waals surface area contributed by atoms with Crippen molar-refractivity contribution in [2.24, 2.45) is 5.92 Å². The van der Waals surface area contributed by atoms with E-state index in [1.165, 1.54) is 19.1 Å². The van der Waals surface area contributed by atoms with Gasteiger partial charge in [0.15, 0.2) is 0 Å². The Morgan fingerprint density at radius 3 is 2.88 bits per heavy atom. The molecule has 1 saturated carbocycles. The van der Waals surface area contributed by atoms with Crippen LogP contribution in [0.25, 0.3) is 0 Å². The molecule has 0 amide bonds. The van der Waals surface area contributed by atoms with Crippen molar-refractivity contribution in [1.82, 2.24) is 5.32 Å². The highest BCUT2D eigenvalue weighted by molar-refractivity contribution is 5.86. The topological polar surface area (TPSA) is 62.5 Å². The first kappa shape index (κ1) is 11.2. The summed E-state index contributed by atoms with van der Waals surface area (Å²) in [7, 11) is 0. The van der Waals surface area contributed by atoms with E-state index in [0.29, 0.717) is 18.0 Å². The SMILES string of the molecule is CC(C)(NCc1ccoc1C(=O)O)C1CC1. The fraction of sp³-hybridized carbons (Fsp3) is 0.583. The van der Waals surface area contributed by atoms with E-state index in [1.54, 1.807) is 6.07 Å². The fourth-order valence-electron chi connectivity index (χ4n) is 1.93. The van der Waals surface area contributed by atoms with Crippen molar-refractivity contribution in [3.05, 3.63) is 23.7 Å². The van der Waals surface area contributed by atoms with Gasteiger partial charge in [-0.25, -0.2) is 4.79 Å². The highest BCUT2D eigenvalue weighted by Gasteiger charge is 2.37. The third-order valence-electron chi connectivity index (χ3n) is 3.27. The normalized spacial score (nSPS) is 16.4. The second-order valence-electron chi connectivity index (χ2n) is 4.93. The van der Waals surface area contributed by atoms with Gasteiger partial charge in [-0.3, -0.25) is 0 Å². The molecule has 1 aromatic rings. The number of hydrogen-bond donors (Lipinski definition) is 2. The Kier molecular flexibility index (Phi) is 2.76. The zero-order valence-electron chi connectivity index (χ0n) is 9.62. The Bertz CT molecular complexity index is 391. The second-order valence-corrected chi connectivity index (χ2v) is 4.93. The summed E-state index contributed by atoms with van der Waals surface area (Å²) in [6.45, 7) is 4.86. The Morgan fingerprint density at radius 1 is 1.62 bits per heavy atom. The molecule has 2 rings (SSSR count). The predicted octanol–water partition coefficient (Wildman–Crippen LogP) is 2.26. The van der Waals surface area contributed by atoms with Gasteiger partial charge in [0.1, 0.15) is 0 Å². The van der Waals surface area contributed by atoms with Crippen molar-refractivity contribution >= 4 is 5.97 Å². The summed E-state index contributed by atoms with van der Waals surface area (Å²) in [5, 5.41) is 12.3. The summed E-state index contributed by atoms with van der Waals surface area (Å²) < 4.78 is 4.93. The maximum absolute atomic E-state index is 10.8. The molecule has 1 aliphatic carbocycles. The van der Waals surface area contributed by atoms with Crippen LogP contribution < -0.4 is 5.32 Å². The summed E-state index contributed by atoms with van der Waals surface area (Å²) in [6.07, 6.45) is 3.94. The van der Waals surface area contributed by atoms with Crippen molar-refractivity contribution in [3.63, 3.8) is 0 Å². The van der Waals surface area contributed by atoms with Crippen LogP contribution in [0.5, 0.6) is 0 Å². The summed E-state index contributed by atoms with van der Waals surface area (Å²) in [5.74, 6) is -0.252. The molecule has 0 spiro atoms. The Labute approximate surface area is 94.6 Å². The van der Waals surface area contributed by atoms with Crippen molar-refractivity contribution < 1.29 is 14.3 Å². The van der Waals surface area contributed by atoms with Gasteiger partial charge in [0.25, 0.3) is 0 Å². The second kappa shape index (κ2) is 3.94. The average Bonchev–Trinajstić information content (AvgIpc) is 2.95. The number of hydrogen-bond acceptors (Lipinski definition) is 3. The van der Waals surface area contributed by atoms with Crippen molar-refractivity contribution in [3.8, 4) is 0 Å². The molecule has 4 nitrogen and oxygen atoms in total. The molecular formula is C12H17NO3. The third-order valence-corrected chi connectivity index (χ3v) is 3.27. The number of nitrogens with one attached hydrogen (secondary N) is 1. The van der Waals surface area contributed by atoms with E-state index in [-0.39, 0.29) is 11.3 Å². The molecule has 0 aliphatic heterocycles. The Morgan fingerprint density at radius 2 is 2.31 bits per heavy atom. The third kappa shape index (κ3) is 2.27. The molecule has 0 saturated heterocycles. The van der Waals surface area contributed by atoms with Crippen LogP contribution in [0, 0.1) is 5.92 Å². The molecule has 88 valence electrons. The largest absolute Gasteiger partial charge is 0.475 e. The van der Waals surface area contributed by atoms with Crippen LogP contribution in [-0.2, 0) is 6.54 Å². The zero-order valence-corrected chi connectivity index (χ0v) is 9.62. The minimum Gasteiger partial charge on any atom is -0.475 e. The molecule has 2 N–H and O–H groups in total. The van der Waals surface area contributed by atoms with Gasteiger partial charge >= 0.3 is 5.97 Å². The number of aromatic carboxylic acids is 1. The summed E-state index contributed by atoms with van der Waals surface area (Å²) in [6, 6.07) is 1.71. The van der Waals surface area contributed by atoms with Gasteiger partial charge < -0.3 is 14.8 Å². The van der Waals surface area contributed by atoms with Crippen LogP contribution in [0.15, 0.2) is 16.7 Å². The minimum atomic E-state index is -1.01. The molecule has 0 bridgehead atoms. The van der Waals surface area contributed by atoms with Gasteiger partial charge in [0, 0.05) is 17.6 Å². The van der Waals surface area contributed by atoms with Crippen LogP contribution in [0.1, 0.15) is 42.8 Å². The van der Waals surface area contributed by atoms with Crippen molar-refractivity contribution in [2.45, 2.75) is 38.8 Å². The number of carbonyl (C=O) groups is 1. The molecular weight excluding hydrogens is 206 g/mol. The van der Waals surface area contributed by atoms with Crippen LogP contribution in [0.2, 0.25) is 0 Å². The highest BCUT2D eigenvalue weighted by atomic mass is 16.4. The van der Waals surface area contributed by atoms with Crippen LogP contribution >= 0.6 is 0 Å². The Balaban J connectivity index is 1.98. The number of carboxylic acids is 1. The minimum absolute atomic E-state index is 0.0408. The predicted molar refractivity (Wildman–Crippen MR) is 59.3 cm³/mol. The molecule has 16 heavy (non-hydrogen) atoms. The average molecular weight is 223 g/mol. The van der Waals surface area contributed by atoms with Gasteiger partial charge in [0.05, 0.1) is 6.26 Å². The van der Waals surface area contributed by atoms with Gasteiger partial charge in [0.2, 0.25) is 5.76 Å². The number of furan rings is 1.